The lowest BCUT2D eigenvalue weighted by molar-refractivity contribution is -0.122. The Morgan fingerprint density at radius 2 is 1.93 bits per heavy atom. The summed E-state index contributed by atoms with van der Waals surface area (Å²) in [4.78, 5) is 24.2. The maximum Gasteiger partial charge on any atom is 0.265 e. The second-order valence-corrected chi connectivity index (χ2v) is 9.87. The van der Waals surface area contributed by atoms with E-state index in [0.717, 1.165) is 12.1 Å². The molecule has 8 nitrogen and oxygen atoms in total. The van der Waals surface area contributed by atoms with Crippen LogP contribution < -0.4 is 15.6 Å². The number of rotatable bonds is 2. The van der Waals surface area contributed by atoms with Gasteiger partial charge >= 0.3 is 0 Å². The van der Waals surface area contributed by atoms with Crippen molar-refractivity contribution < 1.29 is 17.9 Å². The van der Waals surface area contributed by atoms with Crippen LogP contribution in [0.4, 0.5) is 5.69 Å². The van der Waals surface area contributed by atoms with Gasteiger partial charge in [0, 0.05) is 37.3 Å². The van der Waals surface area contributed by atoms with Gasteiger partial charge in [0.25, 0.3) is 11.5 Å². The molecule has 0 unspecified atom stereocenters. The number of carbonyl (C=O) groups is 1. The van der Waals surface area contributed by atoms with Crippen LogP contribution in [-0.2, 0) is 21.4 Å². The lowest BCUT2D eigenvalue weighted by atomic mass is 9.84. The van der Waals surface area contributed by atoms with Crippen LogP contribution in [0.5, 0.6) is 5.75 Å². The van der Waals surface area contributed by atoms with Gasteiger partial charge in [-0.15, -0.1) is 0 Å². The van der Waals surface area contributed by atoms with Crippen molar-refractivity contribution in [1.82, 2.24) is 8.87 Å². The third-order valence-electron chi connectivity index (χ3n) is 5.97. The summed E-state index contributed by atoms with van der Waals surface area (Å²) in [5, 5.41) is 2.70. The van der Waals surface area contributed by atoms with Crippen LogP contribution in [-0.4, -0.2) is 42.4 Å². The minimum Gasteiger partial charge on any atom is -0.479 e. The number of anilines is 1. The van der Waals surface area contributed by atoms with Crippen LogP contribution in [0, 0.1) is 5.92 Å². The van der Waals surface area contributed by atoms with Gasteiger partial charge in [0.05, 0.1) is 10.6 Å². The molecule has 0 radical (unpaired) electrons. The van der Waals surface area contributed by atoms with Gasteiger partial charge in [-0.1, -0.05) is 6.07 Å². The number of nitrogens with zero attached hydrogens (tertiary/aromatic N) is 2. The monoisotopic (exact) mass is 415 g/mol. The third kappa shape index (κ3) is 2.96. The highest BCUT2D eigenvalue weighted by Crippen LogP contribution is 2.38. The molecule has 5 rings (SSSR count). The van der Waals surface area contributed by atoms with E-state index >= 15 is 0 Å². The number of piperidine rings is 1. The molecule has 0 saturated carbocycles. The van der Waals surface area contributed by atoms with Crippen molar-refractivity contribution in [3.63, 3.8) is 0 Å². The predicted octanol–water partition coefficient (Wildman–Crippen LogP) is 1.38. The van der Waals surface area contributed by atoms with E-state index in [1.54, 1.807) is 29.7 Å². The van der Waals surface area contributed by atoms with Crippen LogP contribution in [0.1, 0.15) is 25.0 Å². The molecule has 1 aromatic heterocycles. The Kier molecular flexibility index (Phi) is 4.08. The van der Waals surface area contributed by atoms with E-state index in [1.807, 2.05) is 6.07 Å². The molecule has 9 heteroatoms. The smallest absolute Gasteiger partial charge is 0.265 e. The molecule has 1 saturated heterocycles. The van der Waals surface area contributed by atoms with Crippen molar-refractivity contribution in [2.24, 2.45) is 5.92 Å². The molecule has 1 N–H and O–H groups in total. The number of amides is 1. The molecule has 1 amide bonds. The zero-order valence-electron chi connectivity index (χ0n) is 15.9. The second-order valence-electron chi connectivity index (χ2n) is 7.93. The van der Waals surface area contributed by atoms with E-state index in [9.17, 15) is 18.0 Å². The van der Waals surface area contributed by atoms with Gasteiger partial charge < -0.3 is 14.6 Å². The highest BCUT2D eigenvalue weighted by Gasteiger charge is 2.39. The molecule has 3 aliphatic heterocycles. The zero-order valence-corrected chi connectivity index (χ0v) is 16.7. The van der Waals surface area contributed by atoms with Crippen molar-refractivity contribution in [2.75, 3.05) is 18.4 Å². The molecular weight excluding hydrogens is 394 g/mol. The fraction of sp³-hybridized carbons (Fsp3) is 0.400. The Balaban J connectivity index is 1.47. The maximum absolute atomic E-state index is 13.3. The van der Waals surface area contributed by atoms with Gasteiger partial charge in [-0.05, 0) is 43.5 Å². The standard InChI is InChI=1S/C20H21N3O5S/c1-12-20(25)21-16-8-15(5-6-18(16)28-12)29(26,27)22-9-13-7-14(11-22)17-3-2-4-19(24)23(17)10-13/h2-6,8,12-14H,7,9-11H2,1H3,(H,21,25)/t12-,13+,14-/m0/s1. The van der Waals surface area contributed by atoms with Gasteiger partial charge in [-0.3, -0.25) is 9.59 Å². The summed E-state index contributed by atoms with van der Waals surface area (Å²) >= 11 is 0. The zero-order chi connectivity index (χ0) is 20.3. The van der Waals surface area contributed by atoms with Crippen molar-refractivity contribution >= 4 is 21.6 Å². The summed E-state index contributed by atoms with van der Waals surface area (Å²) in [5.74, 6) is 0.242. The first-order valence-corrected chi connectivity index (χ1v) is 11.1. The van der Waals surface area contributed by atoms with E-state index in [2.05, 4.69) is 5.32 Å². The van der Waals surface area contributed by atoms with E-state index in [-0.39, 0.29) is 28.2 Å². The van der Waals surface area contributed by atoms with Crippen molar-refractivity contribution in [3.05, 3.63) is 52.4 Å². The molecule has 0 spiro atoms. The third-order valence-corrected chi connectivity index (χ3v) is 7.79. The molecular formula is C20H21N3O5S. The number of ether oxygens (including phenoxy) is 1. The SMILES string of the molecule is C[C@@H]1Oc2ccc(S(=O)(=O)N3C[C@H]4C[C@@H](C3)c3cccc(=O)n3C4)cc2NC1=O. The van der Waals surface area contributed by atoms with Gasteiger partial charge in [0.15, 0.2) is 6.10 Å². The van der Waals surface area contributed by atoms with Crippen LogP contribution in [0.15, 0.2) is 46.1 Å². The highest BCUT2D eigenvalue weighted by atomic mass is 32.2. The van der Waals surface area contributed by atoms with Crippen molar-refractivity contribution in [2.45, 2.75) is 36.8 Å². The maximum atomic E-state index is 13.3. The Morgan fingerprint density at radius 3 is 2.76 bits per heavy atom. The van der Waals surface area contributed by atoms with Crippen LogP contribution in [0.2, 0.25) is 0 Å². The molecule has 0 aliphatic carbocycles. The number of hydrogen-bond acceptors (Lipinski definition) is 5. The van der Waals surface area contributed by atoms with Gasteiger partial charge in [-0.25, -0.2) is 8.42 Å². The Hall–Kier alpha value is -2.65. The quantitative estimate of drug-likeness (QED) is 0.799. The van der Waals surface area contributed by atoms with Gasteiger partial charge in [0.1, 0.15) is 5.75 Å². The largest absolute Gasteiger partial charge is 0.479 e. The van der Waals surface area contributed by atoms with Crippen LogP contribution in [0.25, 0.3) is 0 Å². The molecule has 152 valence electrons. The highest BCUT2D eigenvalue weighted by molar-refractivity contribution is 7.89. The van der Waals surface area contributed by atoms with E-state index < -0.39 is 16.1 Å². The number of pyridine rings is 1. The molecule has 4 heterocycles. The Labute approximate surface area is 168 Å². The predicted molar refractivity (Wildman–Crippen MR) is 105 cm³/mol. The molecule has 1 fully saturated rings. The molecule has 3 atom stereocenters. The number of benzene rings is 1. The Bertz CT molecular complexity index is 1170. The fourth-order valence-electron chi connectivity index (χ4n) is 4.55. The summed E-state index contributed by atoms with van der Waals surface area (Å²) in [7, 11) is -3.74. The van der Waals surface area contributed by atoms with Crippen molar-refractivity contribution in [3.8, 4) is 5.75 Å². The summed E-state index contributed by atoms with van der Waals surface area (Å²) < 4.78 is 35.5. The van der Waals surface area contributed by atoms with Gasteiger partial charge in [0.2, 0.25) is 10.0 Å². The minimum atomic E-state index is -3.74. The number of fused-ring (bicyclic) bond motifs is 5. The topological polar surface area (TPSA) is 97.7 Å². The minimum absolute atomic E-state index is 0.00677. The first-order valence-electron chi connectivity index (χ1n) is 9.64. The summed E-state index contributed by atoms with van der Waals surface area (Å²) in [5.41, 5.74) is 1.23. The average Bonchev–Trinajstić information content (AvgIpc) is 2.69. The second kappa shape index (κ2) is 6.43. The summed E-state index contributed by atoms with van der Waals surface area (Å²) in [6.45, 7) is 2.87. The molecule has 2 aromatic rings. The number of hydrogen-bond donors (Lipinski definition) is 1. The van der Waals surface area contributed by atoms with Crippen LogP contribution in [0.3, 0.4) is 0 Å². The lowest BCUT2D eigenvalue weighted by Crippen LogP contribution is -2.49. The van der Waals surface area contributed by atoms with E-state index in [4.69, 9.17) is 4.74 Å². The Morgan fingerprint density at radius 1 is 1.10 bits per heavy atom. The van der Waals surface area contributed by atoms with Crippen molar-refractivity contribution in [1.29, 1.82) is 0 Å². The molecule has 29 heavy (non-hydrogen) atoms. The lowest BCUT2D eigenvalue weighted by Gasteiger charge is -2.42. The van der Waals surface area contributed by atoms with E-state index in [0.29, 0.717) is 31.1 Å². The van der Waals surface area contributed by atoms with Gasteiger partial charge in [-0.2, -0.15) is 4.31 Å². The summed E-state index contributed by atoms with van der Waals surface area (Å²) in [6.07, 6.45) is 0.261. The summed E-state index contributed by atoms with van der Waals surface area (Å²) in [6, 6.07) is 9.74. The first kappa shape index (κ1) is 18.4. The molecule has 2 bridgehead atoms. The van der Waals surface area contributed by atoms with E-state index in [1.165, 1.54) is 16.4 Å². The molecule has 1 aromatic carbocycles. The molecule has 3 aliphatic rings. The number of aromatic nitrogens is 1. The number of carbonyl (C=O) groups excluding carboxylic acids is 1. The first-order chi connectivity index (χ1) is 13.8. The average molecular weight is 415 g/mol. The number of nitrogens with one attached hydrogen (secondary N) is 1. The van der Waals surface area contributed by atoms with Crippen LogP contribution >= 0.6 is 0 Å². The fourth-order valence-corrected chi connectivity index (χ4v) is 6.13. The number of sulfonamides is 1. The normalized spacial score (nSPS) is 26.1.